The maximum atomic E-state index is 13.7. The minimum atomic E-state index is -0.462. The van der Waals surface area contributed by atoms with Crippen LogP contribution in [0.5, 0.6) is 11.6 Å². The van der Waals surface area contributed by atoms with Crippen LogP contribution in [0.1, 0.15) is 49.3 Å². The van der Waals surface area contributed by atoms with E-state index < -0.39 is 5.97 Å². The van der Waals surface area contributed by atoms with E-state index in [9.17, 15) is 4.79 Å². The van der Waals surface area contributed by atoms with Crippen molar-refractivity contribution in [2.45, 2.75) is 56.9 Å². The van der Waals surface area contributed by atoms with Crippen LogP contribution in [0.2, 0.25) is 0 Å². The molecule has 0 N–H and O–H groups in total. The summed E-state index contributed by atoms with van der Waals surface area (Å²) >= 11 is 1.55. The van der Waals surface area contributed by atoms with Crippen molar-refractivity contribution in [2.75, 3.05) is 6.61 Å². The van der Waals surface area contributed by atoms with Crippen LogP contribution < -0.4 is 9.47 Å². The second kappa shape index (κ2) is 9.55. The number of rotatable bonds is 6. The number of ether oxygens (including phenoxy) is 2. The second-order valence-corrected chi connectivity index (χ2v) is 10.3. The molecule has 0 aliphatic heterocycles. The maximum absolute atomic E-state index is 13.7. The fourth-order valence-electron chi connectivity index (χ4n) is 3.75. The van der Waals surface area contributed by atoms with E-state index in [0.29, 0.717) is 23.8 Å². The number of aryl methyl sites for hydroxylation is 2. The molecule has 0 spiro atoms. The van der Waals surface area contributed by atoms with Crippen LogP contribution in [0, 0.1) is 13.8 Å². The SMILES string of the molecule is CCOc1ccc2ccccc2c1C(=O)Oc1c(Sc2ccc(C)cc2)c(C)nn1C(C)(C)C. The van der Waals surface area contributed by atoms with E-state index in [2.05, 4.69) is 31.2 Å². The number of esters is 1. The molecule has 0 saturated heterocycles. The third-order valence-corrected chi connectivity index (χ3v) is 6.61. The molecule has 0 fully saturated rings. The molecule has 1 aromatic heterocycles. The van der Waals surface area contributed by atoms with Gasteiger partial charge in [-0.15, -0.1) is 0 Å². The highest BCUT2D eigenvalue weighted by Crippen LogP contribution is 2.41. The Balaban J connectivity index is 1.81. The van der Waals surface area contributed by atoms with Crippen molar-refractivity contribution < 1.29 is 14.3 Å². The van der Waals surface area contributed by atoms with Gasteiger partial charge in [0, 0.05) is 4.90 Å². The minimum Gasteiger partial charge on any atom is -0.493 e. The Morgan fingerprint density at radius 3 is 2.38 bits per heavy atom. The van der Waals surface area contributed by atoms with Crippen molar-refractivity contribution in [1.82, 2.24) is 9.78 Å². The van der Waals surface area contributed by atoms with Gasteiger partial charge in [0.1, 0.15) is 11.3 Å². The smallest absolute Gasteiger partial charge is 0.349 e. The molecule has 0 unspecified atom stereocenters. The first-order valence-electron chi connectivity index (χ1n) is 11.4. The third-order valence-electron chi connectivity index (χ3n) is 5.43. The molecule has 3 aromatic carbocycles. The number of fused-ring (bicyclic) bond motifs is 1. The third kappa shape index (κ3) is 4.82. The normalized spacial score (nSPS) is 11.6. The zero-order valence-corrected chi connectivity index (χ0v) is 21.3. The largest absolute Gasteiger partial charge is 0.493 e. The van der Waals surface area contributed by atoms with Gasteiger partial charge in [-0.25, -0.2) is 9.48 Å². The molecule has 0 atom stereocenters. The average Bonchev–Trinajstić information content (AvgIpc) is 3.10. The second-order valence-electron chi connectivity index (χ2n) is 9.20. The molecule has 0 bridgehead atoms. The van der Waals surface area contributed by atoms with E-state index in [1.165, 1.54) is 5.56 Å². The Kier molecular flexibility index (Phi) is 6.71. The van der Waals surface area contributed by atoms with Crippen molar-refractivity contribution in [3.8, 4) is 11.6 Å². The zero-order valence-electron chi connectivity index (χ0n) is 20.5. The van der Waals surface area contributed by atoms with Crippen LogP contribution in [-0.2, 0) is 5.54 Å². The topological polar surface area (TPSA) is 53.4 Å². The highest BCUT2D eigenvalue weighted by molar-refractivity contribution is 7.99. The fraction of sp³-hybridized carbons (Fsp3) is 0.286. The number of benzene rings is 3. The van der Waals surface area contributed by atoms with Crippen LogP contribution in [0.3, 0.4) is 0 Å². The summed E-state index contributed by atoms with van der Waals surface area (Å²) in [4.78, 5) is 15.6. The Hall–Kier alpha value is -3.25. The van der Waals surface area contributed by atoms with Gasteiger partial charge >= 0.3 is 5.97 Å². The van der Waals surface area contributed by atoms with Crippen LogP contribution in [0.4, 0.5) is 0 Å². The molecule has 0 aliphatic rings. The minimum absolute atomic E-state index is 0.381. The van der Waals surface area contributed by atoms with E-state index >= 15 is 0 Å². The van der Waals surface area contributed by atoms with Gasteiger partial charge in [-0.2, -0.15) is 5.10 Å². The van der Waals surface area contributed by atoms with Crippen molar-refractivity contribution in [1.29, 1.82) is 0 Å². The number of nitrogens with zero attached hydrogens (tertiary/aromatic N) is 2. The molecule has 176 valence electrons. The summed E-state index contributed by atoms with van der Waals surface area (Å²) in [5, 5.41) is 6.50. The number of hydrogen-bond donors (Lipinski definition) is 0. The lowest BCUT2D eigenvalue weighted by atomic mass is 10.0. The van der Waals surface area contributed by atoms with Crippen LogP contribution >= 0.6 is 11.8 Å². The van der Waals surface area contributed by atoms with Gasteiger partial charge in [-0.3, -0.25) is 0 Å². The van der Waals surface area contributed by atoms with E-state index in [1.54, 1.807) is 16.4 Å². The Labute approximate surface area is 205 Å². The predicted molar refractivity (Wildman–Crippen MR) is 137 cm³/mol. The molecule has 0 aliphatic carbocycles. The molecule has 5 nitrogen and oxygen atoms in total. The quantitative estimate of drug-likeness (QED) is 0.277. The molecular weight excluding hydrogens is 444 g/mol. The summed E-state index contributed by atoms with van der Waals surface area (Å²) in [6, 6.07) is 19.8. The summed E-state index contributed by atoms with van der Waals surface area (Å²) in [5.74, 6) is 0.491. The zero-order chi connectivity index (χ0) is 24.5. The van der Waals surface area contributed by atoms with Crippen molar-refractivity contribution in [3.05, 3.63) is 77.5 Å². The Morgan fingerprint density at radius 2 is 1.71 bits per heavy atom. The fourth-order valence-corrected chi connectivity index (χ4v) is 4.67. The van der Waals surface area contributed by atoms with E-state index in [-0.39, 0.29) is 5.54 Å². The highest BCUT2D eigenvalue weighted by Gasteiger charge is 2.29. The van der Waals surface area contributed by atoms with Gasteiger partial charge in [0.05, 0.1) is 22.7 Å². The summed E-state index contributed by atoms with van der Waals surface area (Å²) in [5.41, 5.74) is 2.04. The van der Waals surface area contributed by atoms with Crippen LogP contribution in [0.15, 0.2) is 70.5 Å². The van der Waals surface area contributed by atoms with Gasteiger partial charge in [-0.05, 0) is 70.5 Å². The molecule has 0 radical (unpaired) electrons. The first-order valence-corrected chi connectivity index (χ1v) is 12.2. The maximum Gasteiger partial charge on any atom is 0.349 e. The molecular formula is C28H30N2O3S. The van der Waals surface area contributed by atoms with Gasteiger partial charge in [-0.1, -0.05) is 59.8 Å². The number of hydrogen-bond acceptors (Lipinski definition) is 5. The lowest BCUT2D eigenvalue weighted by molar-refractivity contribution is 0.0702. The number of aromatic nitrogens is 2. The average molecular weight is 475 g/mol. The lowest BCUT2D eigenvalue weighted by Gasteiger charge is -2.22. The standard InChI is InChI=1S/C28H30N2O3S/c1-7-32-23-17-14-20-10-8-9-11-22(20)24(23)27(31)33-26-25(19(3)29-30(26)28(4,5)6)34-21-15-12-18(2)13-16-21/h8-17H,7H2,1-6H3. The predicted octanol–water partition coefficient (Wildman–Crippen LogP) is 7.18. The number of carbonyl (C=O) groups is 1. The van der Waals surface area contributed by atoms with Gasteiger partial charge < -0.3 is 9.47 Å². The van der Waals surface area contributed by atoms with E-state index in [1.807, 2.05) is 71.0 Å². The van der Waals surface area contributed by atoms with Crippen LogP contribution in [-0.4, -0.2) is 22.4 Å². The summed E-state index contributed by atoms with van der Waals surface area (Å²) in [6.45, 7) is 12.5. The first-order chi connectivity index (χ1) is 16.2. The summed E-state index contributed by atoms with van der Waals surface area (Å²) in [7, 11) is 0. The van der Waals surface area contributed by atoms with Crippen LogP contribution in [0.25, 0.3) is 10.8 Å². The molecule has 1 heterocycles. The first kappa shape index (κ1) is 23.9. The highest BCUT2D eigenvalue weighted by atomic mass is 32.2. The molecule has 34 heavy (non-hydrogen) atoms. The van der Waals surface area contributed by atoms with Crippen molar-refractivity contribution in [2.24, 2.45) is 0 Å². The molecule has 6 heteroatoms. The van der Waals surface area contributed by atoms with Crippen molar-refractivity contribution >= 4 is 28.5 Å². The van der Waals surface area contributed by atoms with Gasteiger partial charge in [0.25, 0.3) is 0 Å². The summed E-state index contributed by atoms with van der Waals surface area (Å²) in [6.07, 6.45) is 0. The van der Waals surface area contributed by atoms with Gasteiger partial charge in [0.2, 0.25) is 5.88 Å². The van der Waals surface area contributed by atoms with Gasteiger partial charge in [0.15, 0.2) is 0 Å². The van der Waals surface area contributed by atoms with Crippen molar-refractivity contribution in [3.63, 3.8) is 0 Å². The van der Waals surface area contributed by atoms with E-state index in [0.717, 1.165) is 26.3 Å². The molecule has 4 rings (SSSR count). The lowest BCUT2D eigenvalue weighted by Crippen LogP contribution is -2.25. The Bertz CT molecular complexity index is 1330. The molecule has 0 saturated carbocycles. The Morgan fingerprint density at radius 1 is 1.00 bits per heavy atom. The molecule has 4 aromatic rings. The summed E-state index contributed by atoms with van der Waals surface area (Å²) < 4.78 is 13.8. The molecule has 0 amide bonds. The number of carbonyl (C=O) groups excluding carboxylic acids is 1. The van der Waals surface area contributed by atoms with E-state index in [4.69, 9.17) is 14.6 Å². The monoisotopic (exact) mass is 474 g/mol.